The van der Waals surface area contributed by atoms with E-state index in [2.05, 4.69) is 5.32 Å². The molecule has 1 aromatic rings. The zero-order valence-electron chi connectivity index (χ0n) is 14.2. The molecule has 1 saturated heterocycles. The summed E-state index contributed by atoms with van der Waals surface area (Å²) in [5, 5.41) is 2.92. The highest BCUT2D eigenvalue weighted by Gasteiger charge is 2.27. The second-order valence-electron chi connectivity index (χ2n) is 6.15. The Hall–Kier alpha value is -2.64. The molecule has 3 amide bonds. The van der Waals surface area contributed by atoms with Gasteiger partial charge in [0.1, 0.15) is 19.0 Å². The van der Waals surface area contributed by atoms with E-state index in [9.17, 15) is 9.59 Å². The van der Waals surface area contributed by atoms with Crippen molar-refractivity contribution in [2.75, 3.05) is 33.4 Å². The maximum atomic E-state index is 12.4. The molecular weight excluding hydrogens is 326 g/mol. The van der Waals surface area contributed by atoms with Crippen LogP contribution in [0, 0.1) is 5.92 Å². The van der Waals surface area contributed by atoms with Crippen LogP contribution in [0.5, 0.6) is 17.2 Å². The molecule has 0 saturated carbocycles. The predicted octanol–water partition coefficient (Wildman–Crippen LogP) is 0.873. The Bertz CT molecular complexity index is 664. The van der Waals surface area contributed by atoms with Gasteiger partial charge < -0.3 is 30.2 Å². The van der Waals surface area contributed by atoms with Gasteiger partial charge in [-0.05, 0) is 18.9 Å². The van der Waals surface area contributed by atoms with Gasteiger partial charge in [-0.25, -0.2) is 4.79 Å². The molecule has 2 heterocycles. The molecule has 8 nitrogen and oxygen atoms in total. The van der Waals surface area contributed by atoms with Gasteiger partial charge in [-0.3, -0.25) is 4.79 Å². The summed E-state index contributed by atoms with van der Waals surface area (Å²) in [5.41, 5.74) is 6.12. The monoisotopic (exact) mass is 349 g/mol. The van der Waals surface area contributed by atoms with Crippen molar-refractivity contribution in [3.05, 3.63) is 17.7 Å². The zero-order valence-corrected chi connectivity index (χ0v) is 14.2. The number of urea groups is 1. The lowest BCUT2D eigenvalue weighted by Crippen LogP contribution is -2.47. The lowest BCUT2D eigenvalue weighted by atomic mass is 9.97. The number of carbonyl (C=O) groups is 2. The molecule has 0 unspecified atom stereocenters. The van der Waals surface area contributed by atoms with Crippen LogP contribution in [0.25, 0.3) is 0 Å². The van der Waals surface area contributed by atoms with Crippen molar-refractivity contribution in [3.8, 4) is 17.2 Å². The number of hydrogen-bond donors (Lipinski definition) is 2. The van der Waals surface area contributed by atoms with Gasteiger partial charge in [0.2, 0.25) is 5.91 Å². The number of piperidine rings is 1. The van der Waals surface area contributed by atoms with Gasteiger partial charge >= 0.3 is 6.03 Å². The highest BCUT2D eigenvalue weighted by atomic mass is 16.6. The van der Waals surface area contributed by atoms with E-state index in [0.717, 1.165) is 18.4 Å². The average Bonchev–Trinajstić information content (AvgIpc) is 2.65. The van der Waals surface area contributed by atoms with E-state index in [1.54, 1.807) is 13.2 Å². The Balaban J connectivity index is 1.64. The molecule has 1 fully saturated rings. The molecule has 0 aliphatic carbocycles. The molecule has 136 valence electrons. The second kappa shape index (κ2) is 7.50. The number of methoxy groups -OCH3 is 1. The van der Waals surface area contributed by atoms with Gasteiger partial charge in [0, 0.05) is 31.3 Å². The summed E-state index contributed by atoms with van der Waals surface area (Å²) < 4.78 is 16.5. The fraction of sp³-hybridized carbons (Fsp3) is 0.529. The number of nitrogens with zero attached hydrogens (tertiary/aromatic N) is 1. The van der Waals surface area contributed by atoms with Crippen molar-refractivity contribution >= 4 is 11.9 Å². The van der Waals surface area contributed by atoms with Crippen molar-refractivity contribution in [1.82, 2.24) is 10.2 Å². The minimum atomic E-state index is -0.481. The van der Waals surface area contributed by atoms with E-state index in [0.29, 0.717) is 50.1 Å². The van der Waals surface area contributed by atoms with Crippen LogP contribution in [0.2, 0.25) is 0 Å². The SMILES string of the molecule is COc1cc2c(cc1CNC(=O)[C@H]1CCCN(C(N)=O)C1)OCCO2. The quantitative estimate of drug-likeness (QED) is 0.840. The molecular formula is C17H23N3O5. The number of amides is 3. The number of rotatable bonds is 4. The minimum Gasteiger partial charge on any atom is -0.496 e. The van der Waals surface area contributed by atoms with Gasteiger partial charge in [-0.2, -0.15) is 0 Å². The molecule has 0 bridgehead atoms. The van der Waals surface area contributed by atoms with Crippen LogP contribution in [0.3, 0.4) is 0 Å². The van der Waals surface area contributed by atoms with E-state index in [1.165, 1.54) is 4.90 Å². The number of likely N-dealkylation sites (tertiary alicyclic amines) is 1. The Morgan fingerprint density at radius 3 is 2.72 bits per heavy atom. The summed E-state index contributed by atoms with van der Waals surface area (Å²) in [4.78, 5) is 25.2. The van der Waals surface area contributed by atoms with Crippen LogP contribution in [0.15, 0.2) is 12.1 Å². The Morgan fingerprint density at radius 2 is 2.04 bits per heavy atom. The lowest BCUT2D eigenvalue weighted by Gasteiger charge is -2.30. The van der Waals surface area contributed by atoms with Crippen LogP contribution in [0.4, 0.5) is 4.79 Å². The first kappa shape index (κ1) is 17.2. The van der Waals surface area contributed by atoms with Crippen molar-refractivity contribution in [2.24, 2.45) is 11.7 Å². The second-order valence-corrected chi connectivity index (χ2v) is 6.15. The first-order valence-corrected chi connectivity index (χ1v) is 8.37. The minimum absolute atomic E-state index is 0.0945. The van der Waals surface area contributed by atoms with Crippen LogP contribution in [0.1, 0.15) is 18.4 Å². The fourth-order valence-electron chi connectivity index (χ4n) is 3.16. The summed E-state index contributed by atoms with van der Waals surface area (Å²) in [6.45, 7) is 2.28. The normalized spacial score (nSPS) is 19.2. The van der Waals surface area contributed by atoms with Crippen molar-refractivity contribution < 1.29 is 23.8 Å². The van der Waals surface area contributed by atoms with Crippen LogP contribution in [-0.2, 0) is 11.3 Å². The lowest BCUT2D eigenvalue weighted by molar-refractivity contribution is -0.126. The van der Waals surface area contributed by atoms with E-state index in [4.69, 9.17) is 19.9 Å². The number of primary amides is 1. The summed E-state index contributed by atoms with van der Waals surface area (Å²) >= 11 is 0. The molecule has 0 spiro atoms. The van der Waals surface area contributed by atoms with Crippen LogP contribution in [-0.4, -0.2) is 50.3 Å². The van der Waals surface area contributed by atoms with E-state index < -0.39 is 6.03 Å². The topological polar surface area (TPSA) is 103 Å². The van der Waals surface area contributed by atoms with Crippen LogP contribution < -0.4 is 25.3 Å². The van der Waals surface area contributed by atoms with Crippen molar-refractivity contribution in [3.63, 3.8) is 0 Å². The molecule has 2 aliphatic heterocycles. The Kier molecular flexibility index (Phi) is 5.16. The third-order valence-corrected chi connectivity index (χ3v) is 4.50. The molecule has 8 heteroatoms. The third kappa shape index (κ3) is 3.89. The number of ether oxygens (including phenoxy) is 3. The van der Waals surface area contributed by atoms with Gasteiger partial charge in [-0.15, -0.1) is 0 Å². The molecule has 0 radical (unpaired) electrons. The van der Waals surface area contributed by atoms with Crippen LogP contribution >= 0.6 is 0 Å². The van der Waals surface area contributed by atoms with E-state index in [1.807, 2.05) is 6.07 Å². The van der Waals surface area contributed by atoms with E-state index >= 15 is 0 Å². The summed E-state index contributed by atoms with van der Waals surface area (Å²) in [5.74, 6) is 1.58. The summed E-state index contributed by atoms with van der Waals surface area (Å²) in [6, 6.07) is 3.11. The van der Waals surface area contributed by atoms with Crippen molar-refractivity contribution in [2.45, 2.75) is 19.4 Å². The molecule has 0 aromatic heterocycles. The van der Waals surface area contributed by atoms with E-state index in [-0.39, 0.29) is 11.8 Å². The maximum Gasteiger partial charge on any atom is 0.314 e. The molecule has 1 atom stereocenters. The predicted molar refractivity (Wildman–Crippen MR) is 89.7 cm³/mol. The number of nitrogens with two attached hydrogens (primary N) is 1. The smallest absolute Gasteiger partial charge is 0.314 e. The maximum absolute atomic E-state index is 12.4. The molecule has 1 aromatic carbocycles. The number of nitrogens with one attached hydrogen (secondary N) is 1. The standard InChI is InChI=1S/C17H23N3O5/c1-23-13-8-15-14(24-5-6-25-15)7-12(13)9-19-16(21)11-3-2-4-20(10-11)17(18)22/h7-8,11H,2-6,9-10H2,1H3,(H2,18,22)(H,19,21)/t11-/m0/s1. The Morgan fingerprint density at radius 1 is 1.32 bits per heavy atom. The third-order valence-electron chi connectivity index (χ3n) is 4.50. The Labute approximate surface area is 146 Å². The largest absolute Gasteiger partial charge is 0.496 e. The summed E-state index contributed by atoms with van der Waals surface area (Å²) in [6.07, 6.45) is 1.52. The van der Waals surface area contributed by atoms with Gasteiger partial charge in [0.15, 0.2) is 11.5 Å². The van der Waals surface area contributed by atoms with Crippen molar-refractivity contribution in [1.29, 1.82) is 0 Å². The molecule has 2 aliphatic rings. The first-order valence-electron chi connectivity index (χ1n) is 8.37. The number of hydrogen-bond acceptors (Lipinski definition) is 5. The molecule has 25 heavy (non-hydrogen) atoms. The molecule has 3 N–H and O–H groups in total. The van der Waals surface area contributed by atoms with Gasteiger partial charge in [-0.1, -0.05) is 0 Å². The number of benzene rings is 1. The molecule has 3 rings (SSSR count). The van der Waals surface area contributed by atoms with Gasteiger partial charge in [0.25, 0.3) is 0 Å². The summed E-state index contributed by atoms with van der Waals surface area (Å²) in [7, 11) is 1.57. The number of carbonyl (C=O) groups excluding carboxylic acids is 2. The first-order chi connectivity index (χ1) is 12.1. The number of fused-ring (bicyclic) bond motifs is 1. The highest BCUT2D eigenvalue weighted by Crippen LogP contribution is 2.36. The average molecular weight is 349 g/mol. The fourth-order valence-corrected chi connectivity index (χ4v) is 3.16. The van der Waals surface area contributed by atoms with Gasteiger partial charge in [0.05, 0.1) is 13.0 Å². The highest BCUT2D eigenvalue weighted by molar-refractivity contribution is 5.80. The zero-order chi connectivity index (χ0) is 17.8.